The lowest BCUT2D eigenvalue weighted by molar-refractivity contribution is -0.144. The molecule has 3 aliphatic rings. The second kappa shape index (κ2) is 18.7. The van der Waals surface area contributed by atoms with Gasteiger partial charge in [0.05, 0.1) is 18.8 Å². The first-order chi connectivity index (χ1) is 22.3. The Balaban J connectivity index is 2.00. The number of amides is 5. The van der Waals surface area contributed by atoms with Crippen LogP contribution in [0.3, 0.4) is 0 Å². The van der Waals surface area contributed by atoms with Crippen molar-refractivity contribution in [1.82, 2.24) is 31.1 Å². The van der Waals surface area contributed by atoms with Gasteiger partial charge in [-0.05, 0) is 63.7 Å². The van der Waals surface area contributed by atoms with Crippen LogP contribution in [0.5, 0.6) is 0 Å². The van der Waals surface area contributed by atoms with E-state index in [1.807, 2.05) is 20.8 Å². The van der Waals surface area contributed by atoms with E-state index in [0.29, 0.717) is 38.3 Å². The maximum Gasteiger partial charge on any atom is 0.245 e. The van der Waals surface area contributed by atoms with Gasteiger partial charge in [-0.3, -0.25) is 28.9 Å². The molecule has 5 amide bonds. The Morgan fingerprint density at radius 2 is 1.43 bits per heavy atom. The molecule has 1 aliphatic heterocycles. The molecule has 2 aliphatic carbocycles. The predicted molar refractivity (Wildman–Crippen MR) is 178 cm³/mol. The molecule has 0 aromatic heterocycles. The highest BCUT2D eigenvalue weighted by Gasteiger charge is 2.39. The van der Waals surface area contributed by atoms with E-state index in [4.69, 9.17) is 0 Å². The molecule has 0 aromatic carbocycles. The molecule has 268 valence electrons. The SMILES string of the molecule is CC(C)C[C@H]1C(=O)N[C@@H](C2CCCCC2)C(=O)N[C@@H](CO)C(=O)N[C@@H]([C@H](C)O)C(=O)NCCN(CC2CCCCC2)[C@@H](C)C(=O)N1C. The van der Waals surface area contributed by atoms with E-state index in [1.54, 1.807) is 7.05 Å². The molecule has 13 heteroatoms. The quantitative estimate of drug-likeness (QED) is 0.230. The average molecular weight is 665 g/mol. The molecule has 0 aromatic rings. The first-order valence-corrected chi connectivity index (χ1v) is 17.8. The second-order valence-electron chi connectivity index (χ2n) is 14.4. The second-order valence-corrected chi connectivity index (χ2v) is 14.4. The Hall–Kier alpha value is -2.77. The summed E-state index contributed by atoms with van der Waals surface area (Å²) in [5.41, 5.74) is 0. The fraction of sp³-hybridized carbons (Fsp3) is 0.853. The molecule has 2 saturated carbocycles. The Morgan fingerprint density at radius 3 is 2.00 bits per heavy atom. The summed E-state index contributed by atoms with van der Waals surface area (Å²) in [6, 6.07) is -5.16. The summed E-state index contributed by atoms with van der Waals surface area (Å²) in [6.07, 6.45) is 8.91. The lowest BCUT2D eigenvalue weighted by atomic mass is 9.83. The van der Waals surface area contributed by atoms with Gasteiger partial charge >= 0.3 is 0 Å². The topological polar surface area (TPSA) is 180 Å². The minimum atomic E-state index is -1.42. The molecule has 0 unspecified atom stereocenters. The number of carbonyl (C=O) groups excluding carboxylic acids is 5. The van der Waals surface area contributed by atoms with Crippen LogP contribution in [0.15, 0.2) is 0 Å². The number of aliphatic hydroxyl groups excluding tert-OH is 2. The van der Waals surface area contributed by atoms with Crippen LogP contribution in [0.1, 0.15) is 98.3 Å². The third-order valence-electron chi connectivity index (χ3n) is 10.2. The van der Waals surface area contributed by atoms with E-state index < -0.39 is 66.5 Å². The molecule has 6 atom stereocenters. The molecule has 0 spiro atoms. The Morgan fingerprint density at radius 1 is 0.809 bits per heavy atom. The largest absolute Gasteiger partial charge is 0.394 e. The van der Waals surface area contributed by atoms with Crippen LogP contribution >= 0.6 is 0 Å². The van der Waals surface area contributed by atoms with Gasteiger partial charge in [0, 0.05) is 26.7 Å². The summed E-state index contributed by atoms with van der Waals surface area (Å²) in [5, 5.41) is 31.3. The first kappa shape index (κ1) is 38.7. The summed E-state index contributed by atoms with van der Waals surface area (Å²) in [4.78, 5) is 72.0. The van der Waals surface area contributed by atoms with Gasteiger partial charge in [-0.15, -0.1) is 0 Å². The van der Waals surface area contributed by atoms with Gasteiger partial charge < -0.3 is 36.4 Å². The van der Waals surface area contributed by atoms with Crippen LogP contribution in [0.25, 0.3) is 0 Å². The van der Waals surface area contributed by atoms with E-state index in [9.17, 15) is 34.2 Å². The predicted octanol–water partition coefficient (Wildman–Crippen LogP) is 0.668. The standard InChI is InChI=1S/C34H60N6O7/c1-21(2)18-27-31(44)38-29(25-14-10-7-11-15-25)33(46)36-26(20-41)30(43)37-28(23(4)42)32(45)35-16-17-40(22(3)34(47)39(27)5)19-24-12-8-6-9-13-24/h21-29,41-42H,6-20H2,1-5H3,(H,35,45)(H,36,46)(H,37,43)(H,38,44)/t22-,23-,26-,27-,28-,29-/m0/s1. The van der Waals surface area contributed by atoms with Crippen molar-refractivity contribution >= 4 is 29.5 Å². The number of rotatable bonds is 7. The number of nitrogens with one attached hydrogen (secondary N) is 4. The Kier molecular flexibility index (Phi) is 15.4. The number of hydrogen-bond donors (Lipinski definition) is 6. The third-order valence-corrected chi connectivity index (χ3v) is 10.2. The number of nitrogens with zero attached hydrogens (tertiary/aromatic N) is 2. The molecule has 0 radical (unpaired) electrons. The van der Waals surface area contributed by atoms with Gasteiger partial charge in [-0.1, -0.05) is 52.4 Å². The lowest BCUT2D eigenvalue weighted by Crippen LogP contribution is -2.62. The number of aliphatic hydroxyl groups is 2. The van der Waals surface area contributed by atoms with Gasteiger partial charge in [0.2, 0.25) is 29.5 Å². The van der Waals surface area contributed by atoms with Crippen molar-refractivity contribution in [2.45, 2.75) is 135 Å². The van der Waals surface area contributed by atoms with E-state index in [1.165, 1.54) is 18.2 Å². The summed E-state index contributed by atoms with van der Waals surface area (Å²) in [7, 11) is 1.64. The summed E-state index contributed by atoms with van der Waals surface area (Å²) in [6.45, 7) is 7.59. The van der Waals surface area contributed by atoms with E-state index in [2.05, 4.69) is 26.2 Å². The van der Waals surface area contributed by atoms with Crippen LogP contribution in [-0.4, -0.2) is 119 Å². The first-order valence-electron chi connectivity index (χ1n) is 17.8. The van der Waals surface area contributed by atoms with Gasteiger partial charge in [-0.25, -0.2) is 0 Å². The number of likely N-dealkylation sites (N-methyl/N-ethyl adjacent to an activating group) is 1. The van der Waals surface area contributed by atoms with Crippen LogP contribution in [0.4, 0.5) is 0 Å². The van der Waals surface area contributed by atoms with Crippen LogP contribution in [-0.2, 0) is 24.0 Å². The Bertz CT molecular complexity index is 1060. The van der Waals surface area contributed by atoms with Crippen LogP contribution in [0.2, 0.25) is 0 Å². The Labute approximate surface area is 280 Å². The van der Waals surface area contributed by atoms with Crippen molar-refractivity contribution in [1.29, 1.82) is 0 Å². The maximum atomic E-state index is 14.1. The van der Waals surface area contributed by atoms with Gasteiger partial charge in [-0.2, -0.15) is 0 Å². The molecule has 13 nitrogen and oxygen atoms in total. The molecule has 1 saturated heterocycles. The fourth-order valence-corrected chi connectivity index (χ4v) is 7.30. The zero-order valence-corrected chi connectivity index (χ0v) is 29.1. The summed E-state index contributed by atoms with van der Waals surface area (Å²) < 4.78 is 0. The van der Waals surface area contributed by atoms with Crippen molar-refractivity contribution in [3.8, 4) is 0 Å². The smallest absolute Gasteiger partial charge is 0.245 e. The monoisotopic (exact) mass is 664 g/mol. The average Bonchev–Trinajstić information content (AvgIpc) is 3.05. The minimum Gasteiger partial charge on any atom is -0.394 e. The van der Waals surface area contributed by atoms with Crippen molar-refractivity contribution in [3.05, 3.63) is 0 Å². The fourth-order valence-electron chi connectivity index (χ4n) is 7.30. The molecule has 6 N–H and O–H groups in total. The molecule has 3 fully saturated rings. The lowest BCUT2D eigenvalue weighted by Gasteiger charge is -2.38. The van der Waals surface area contributed by atoms with E-state index >= 15 is 0 Å². The van der Waals surface area contributed by atoms with Crippen LogP contribution in [0, 0.1) is 17.8 Å². The van der Waals surface area contributed by atoms with Crippen molar-refractivity contribution < 1.29 is 34.2 Å². The molecule has 0 bridgehead atoms. The highest BCUT2D eigenvalue weighted by Crippen LogP contribution is 2.28. The van der Waals surface area contributed by atoms with E-state index in [-0.39, 0.29) is 24.3 Å². The third kappa shape index (κ3) is 11.1. The van der Waals surface area contributed by atoms with Gasteiger partial charge in [0.25, 0.3) is 0 Å². The number of hydrogen-bond acceptors (Lipinski definition) is 8. The maximum absolute atomic E-state index is 14.1. The highest BCUT2D eigenvalue weighted by molar-refractivity contribution is 5.96. The van der Waals surface area contributed by atoms with E-state index in [0.717, 1.165) is 44.9 Å². The summed E-state index contributed by atoms with van der Waals surface area (Å²) >= 11 is 0. The molecular formula is C34H60N6O7. The molecule has 3 rings (SSSR count). The highest BCUT2D eigenvalue weighted by atomic mass is 16.3. The molecule has 47 heavy (non-hydrogen) atoms. The van der Waals surface area contributed by atoms with Gasteiger partial charge in [0.15, 0.2) is 0 Å². The zero-order chi connectivity index (χ0) is 34.7. The molecular weight excluding hydrogens is 604 g/mol. The zero-order valence-electron chi connectivity index (χ0n) is 29.1. The van der Waals surface area contributed by atoms with Crippen molar-refractivity contribution in [3.63, 3.8) is 0 Å². The number of carbonyl (C=O) groups is 5. The normalized spacial score (nSPS) is 30.2. The van der Waals surface area contributed by atoms with Gasteiger partial charge in [0.1, 0.15) is 24.2 Å². The summed E-state index contributed by atoms with van der Waals surface area (Å²) in [5.74, 6) is -2.43. The molecule has 1 heterocycles. The van der Waals surface area contributed by atoms with Crippen molar-refractivity contribution in [2.75, 3.05) is 33.3 Å². The minimum absolute atomic E-state index is 0.0778. The van der Waals surface area contributed by atoms with Crippen LogP contribution < -0.4 is 21.3 Å². The van der Waals surface area contributed by atoms with Crippen molar-refractivity contribution in [2.24, 2.45) is 17.8 Å².